The molecule has 0 spiro atoms. The van der Waals surface area contributed by atoms with Crippen LogP contribution in [0.4, 0.5) is 5.69 Å². The first kappa shape index (κ1) is 21.5. The number of nitrogens with one attached hydrogen (secondary N) is 1. The summed E-state index contributed by atoms with van der Waals surface area (Å²) < 4.78 is 11.1. The molecule has 7 heteroatoms. The van der Waals surface area contributed by atoms with Gasteiger partial charge < -0.3 is 19.7 Å². The molecule has 1 aliphatic carbocycles. The third-order valence-electron chi connectivity index (χ3n) is 6.29. The number of carbonyl (C=O) groups excluding carboxylic acids is 2. The Hall–Kier alpha value is -3.32. The minimum atomic E-state index is -0.199. The molecule has 0 saturated heterocycles. The van der Waals surface area contributed by atoms with Gasteiger partial charge in [0.15, 0.2) is 11.5 Å². The van der Waals surface area contributed by atoms with Crippen LogP contribution in [0.25, 0.3) is 0 Å². The van der Waals surface area contributed by atoms with Crippen molar-refractivity contribution in [3.05, 3.63) is 75.5 Å². The average Bonchev–Trinajstić information content (AvgIpc) is 3.57. The van der Waals surface area contributed by atoms with E-state index in [-0.39, 0.29) is 23.8 Å². The second kappa shape index (κ2) is 8.90. The number of hydrogen-bond donors (Lipinski definition) is 1. The van der Waals surface area contributed by atoms with Gasteiger partial charge in [-0.2, -0.15) is 0 Å². The Balaban J connectivity index is 1.46. The van der Waals surface area contributed by atoms with Gasteiger partial charge in [-0.05, 0) is 78.2 Å². The van der Waals surface area contributed by atoms with Crippen LogP contribution in [0.2, 0.25) is 0 Å². The molecule has 170 valence electrons. The summed E-state index contributed by atoms with van der Waals surface area (Å²) in [6.45, 7) is 0.601. The number of rotatable bonds is 6. The van der Waals surface area contributed by atoms with Crippen molar-refractivity contribution in [2.24, 2.45) is 5.92 Å². The number of hydrogen-bond acceptors (Lipinski definition) is 5. The molecule has 5 rings (SSSR count). The zero-order valence-electron chi connectivity index (χ0n) is 18.7. The fourth-order valence-corrected chi connectivity index (χ4v) is 5.22. The van der Waals surface area contributed by atoms with Crippen LogP contribution in [-0.2, 0) is 11.2 Å². The molecule has 3 aromatic rings. The summed E-state index contributed by atoms with van der Waals surface area (Å²) in [5, 5.41) is 4.96. The van der Waals surface area contributed by atoms with Crippen LogP contribution >= 0.6 is 11.3 Å². The van der Waals surface area contributed by atoms with Crippen molar-refractivity contribution in [1.29, 1.82) is 0 Å². The van der Waals surface area contributed by atoms with Crippen molar-refractivity contribution in [2.45, 2.75) is 25.3 Å². The molecular formula is C26H26N2O4S. The Bertz CT molecular complexity index is 1170. The van der Waals surface area contributed by atoms with E-state index in [0.717, 1.165) is 41.0 Å². The van der Waals surface area contributed by atoms with E-state index < -0.39 is 0 Å². The number of thiophene rings is 1. The van der Waals surface area contributed by atoms with Crippen LogP contribution in [-0.4, -0.2) is 37.5 Å². The molecule has 1 aromatic heterocycles. The minimum absolute atomic E-state index is 0.0334. The number of nitrogens with zero attached hydrogens (tertiary/aromatic N) is 1. The topological polar surface area (TPSA) is 67.9 Å². The van der Waals surface area contributed by atoms with Gasteiger partial charge in [-0.15, -0.1) is 11.3 Å². The highest BCUT2D eigenvalue weighted by molar-refractivity contribution is 7.10. The molecule has 33 heavy (non-hydrogen) atoms. The van der Waals surface area contributed by atoms with Gasteiger partial charge >= 0.3 is 0 Å². The van der Waals surface area contributed by atoms with E-state index in [4.69, 9.17) is 9.47 Å². The van der Waals surface area contributed by atoms with Crippen molar-refractivity contribution in [3.8, 4) is 11.5 Å². The quantitative estimate of drug-likeness (QED) is 0.566. The van der Waals surface area contributed by atoms with E-state index >= 15 is 0 Å². The maximum atomic E-state index is 13.6. The van der Waals surface area contributed by atoms with Crippen LogP contribution in [0.5, 0.6) is 11.5 Å². The lowest BCUT2D eigenvalue weighted by Crippen LogP contribution is -2.40. The lowest BCUT2D eigenvalue weighted by molar-refractivity contribution is -0.117. The average molecular weight is 463 g/mol. The van der Waals surface area contributed by atoms with E-state index in [1.165, 1.54) is 0 Å². The largest absolute Gasteiger partial charge is 0.493 e. The Morgan fingerprint density at radius 3 is 2.39 bits per heavy atom. The Morgan fingerprint density at radius 2 is 1.76 bits per heavy atom. The van der Waals surface area contributed by atoms with Crippen LogP contribution in [0.3, 0.4) is 0 Å². The van der Waals surface area contributed by atoms with E-state index in [1.54, 1.807) is 49.8 Å². The van der Waals surface area contributed by atoms with Crippen LogP contribution < -0.4 is 14.8 Å². The summed E-state index contributed by atoms with van der Waals surface area (Å²) >= 11 is 1.64. The monoisotopic (exact) mass is 462 g/mol. The van der Waals surface area contributed by atoms with Gasteiger partial charge in [-0.3, -0.25) is 9.59 Å². The first-order chi connectivity index (χ1) is 16.1. The molecular weight excluding hydrogens is 436 g/mol. The first-order valence-electron chi connectivity index (χ1n) is 11.1. The summed E-state index contributed by atoms with van der Waals surface area (Å²) in [7, 11) is 3.26. The summed E-state index contributed by atoms with van der Waals surface area (Å²) in [5.41, 5.74) is 3.54. The summed E-state index contributed by atoms with van der Waals surface area (Å²) in [5.74, 6) is 1.52. The molecule has 2 amide bonds. The van der Waals surface area contributed by atoms with E-state index in [9.17, 15) is 9.59 Å². The van der Waals surface area contributed by atoms with Gasteiger partial charge in [-0.1, -0.05) is 6.07 Å². The number of carbonyl (C=O) groups is 2. The molecule has 1 fully saturated rings. The third-order valence-corrected chi connectivity index (χ3v) is 7.22. The highest BCUT2D eigenvalue weighted by Crippen LogP contribution is 2.42. The van der Waals surface area contributed by atoms with E-state index in [0.29, 0.717) is 23.6 Å². The molecule has 1 unspecified atom stereocenters. The molecule has 2 aliphatic rings. The van der Waals surface area contributed by atoms with Gasteiger partial charge in [0.2, 0.25) is 5.91 Å². The Kier molecular flexibility index (Phi) is 5.81. The molecule has 2 aromatic carbocycles. The second-order valence-electron chi connectivity index (χ2n) is 8.41. The molecule has 6 nitrogen and oxygen atoms in total. The van der Waals surface area contributed by atoms with Gasteiger partial charge in [-0.25, -0.2) is 0 Å². The fraction of sp³-hybridized carbons (Fsp3) is 0.308. The maximum Gasteiger partial charge on any atom is 0.254 e. The highest BCUT2D eigenvalue weighted by Gasteiger charge is 2.34. The fourth-order valence-electron chi connectivity index (χ4n) is 4.37. The van der Waals surface area contributed by atoms with E-state index in [2.05, 4.69) is 11.4 Å². The van der Waals surface area contributed by atoms with Crippen LogP contribution in [0.1, 0.15) is 45.2 Å². The van der Waals surface area contributed by atoms with Gasteiger partial charge in [0.1, 0.15) is 0 Å². The number of ether oxygens (including phenoxy) is 2. The molecule has 1 saturated carbocycles. The molecule has 1 aliphatic heterocycles. The lowest BCUT2D eigenvalue weighted by atomic mass is 9.90. The molecule has 1 N–H and O–H groups in total. The van der Waals surface area contributed by atoms with Gasteiger partial charge in [0, 0.05) is 28.6 Å². The highest BCUT2D eigenvalue weighted by atomic mass is 32.1. The summed E-state index contributed by atoms with van der Waals surface area (Å²) in [6.07, 6.45) is 2.65. The number of amides is 2. The maximum absolute atomic E-state index is 13.6. The number of fused-ring (bicyclic) bond motifs is 1. The van der Waals surface area contributed by atoms with Crippen molar-refractivity contribution in [1.82, 2.24) is 4.90 Å². The van der Waals surface area contributed by atoms with Crippen LogP contribution in [0, 0.1) is 5.92 Å². The summed E-state index contributed by atoms with van der Waals surface area (Å²) in [4.78, 5) is 28.7. The van der Waals surface area contributed by atoms with Gasteiger partial charge in [0.05, 0.1) is 20.3 Å². The Morgan fingerprint density at radius 1 is 1.03 bits per heavy atom. The van der Waals surface area contributed by atoms with Crippen LogP contribution in [0.15, 0.2) is 53.9 Å². The third kappa shape index (κ3) is 4.20. The zero-order valence-corrected chi connectivity index (χ0v) is 19.5. The molecule has 2 heterocycles. The summed E-state index contributed by atoms with van der Waals surface area (Å²) in [6, 6.07) is 15.1. The van der Waals surface area contributed by atoms with Crippen molar-refractivity contribution >= 4 is 28.8 Å². The lowest BCUT2D eigenvalue weighted by Gasteiger charge is -2.37. The van der Waals surface area contributed by atoms with Crippen molar-refractivity contribution in [2.75, 3.05) is 26.1 Å². The second-order valence-corrected chi connectivity index (χ2v) is 9.39. The number of benzene rings is 2. The predicted octanol–water partition coefficient (Wildman–Crippen LogP) is 4.90. The normalized spacial score (nSPS) is 17.3. The number of anilines is 1. The molecule has 0 bridgehead atoms. The smallest absolute Gasteiger partial charge is 0.254 e. The Labute approximate surface area is 197 Å². The number of methoxy groups -OCH3 is 2. The SMILES string of the molecule is COc1cc2c(cc1OC)C(c1cccs1)N(C(=O)c1ccc(NC(=O)C3CC3)cc1)CC2. The van der Waals surface area contributed by atoms with Gasteiger partial charge in [0.25, 0.3) is 5.91 Å². The van der Waals surface area contributed by atoms with E-state index in [1.807, 2.05) is 28.5 Å². The first-order valence-corrected chi connectivity index (χ1v) is 12.0. The standard InChI is InChI=1S/C26H26N2O4S/c1-31-21-14-18-11-12-28(24(23-4-3-13-33-23)20(18)15-22(21)32-2)26(30)17-7-9-19(10-8-17)27-25(29)16-5-6-16/h3-4,7-10,13-16,24H,5-6,11-12H2,1-2H3,(H,27,29). The predicted molar refractivity (Wildman–Crippen MR) is 128 cm³/mol. The molecule has 1 atom stereocenters. The minimum Gasteiger partial charge on any atom is -0.493 e. The van der Waals surface area contributed by atoms with Crippen molar-refractivity contribution < 1.29 is 19.1 Å². The molecule has 0 radical (unpaired) electrons. The van der Waals surface area contributed by atoms with Crippen molar-refractivity contribution in [3.63, 3.8) is 0 Å². The zero-order chi connectivity index (χ0) is 22.9.